The Morgan fingerprint density at radius 3 is 2.61 bits per heavy atom. The molecule has 0 spiro atoms. The van der Waals surface area contributed by atoms with Gasteiger partial charge in [0.1, 0.15) is 17.1 Å². The Labute approximate surface area is 160 Å². The highest BCUT2D eigenvalue weighted by atomic mass is 19.2. The van der Waals surface area contributed by atoms with Gasteiger partial charge in [-0.25, -0.2) is 13.8 Å². The van der Waals surface area contributed by atoms with Crippen LogP contribution in [0.3, 0.4) is 0 Å². The number of fused-ring (bicyclic) bond motifs is 1. The van der Waals surface area contributed by atoms with Gasteiger partial charge in [0.25, 0.3) is 0 Å². The van der Waals surface area contributed by atoms with Gasteiger partial charge in [0, 0.05) is 22.8 Å². The summed E-state index contributed by atoms with van der Waals surface area (Å²) in [6, 6.07) is 15.7. The molecule has 140 valence electrons. The SMILES string of the molecule is Cc1cccc(NC(c2ccc(F)c(F)c2)c2ccc3cccnc3c2O)n1. The number of nitrogens with one attached hydrogen (secondary N) is 1. The number of hydrogen-bond donors (Lipinski definition) is 2. The van der Waals surface area contributed by atoms with Crippen molar-refractivity contribution in [3.63, 3.8) is 0 Å². The van der Waals surface area contributed by atoms with Crippen LogP contribution >= 0.6 is 0 Å². The second-order valence-electron chi connectivity index (χ2n) is 6.49. The summed E-state index contributed by atoms with van der Waals surface area (Å²) in [6.45, 7) is 1.86. The fraction of sp³-hybridized carbons (Fsp3) is 0.0909. The first-order valence-electron chi connectivity index (χ1n) is 8.74. The van der Waals surface area contributed by atoms with Gasteiger partial charge < -0.3 is 10.4 Å². The zero-order valence-electron chi connectivity index (χ0n) is 15.0. The Bertz CT molecular complexity index is 1160. The Kier molecular flexibility index (Phi) is 4.61. The number of hydrogen-bond acceptors (Lipinski definition) is 4. The van der Waals surface area contributed by atoms with Gasteiger partial charge in [-0.1, -0.05) is 30.3 Å². The van der Waals surface area contributed by atoms with E-state index in [4.69, 9.17) is 0 Å². The molecule has 4 rings (SSSR count). The molecular formula is C22H17F2N3O. The number of phenols is 1. The van der Waals surface area contributed by atoms with Crippen molar-refractivity contribution in [2.24, 2.45) is 0 Å². The zero-order valence-corrected chi connectivity index (χ0v) is 15.0. The first-order chi connectivity index (χ1) is 13.5. The van der Waals surface area contributed by atoms with Crippen molar-refractivity contribution < 1.29 is 13.9 Å². The predicted octanol–water partition coefficient (Wildman–Crippen LogP) is 5.12. The van der Waals surface area contributed by atoms with E-state index >= 15 is 0 Å². The van der Waals surface area contributed by atoms with Crippen LogP contribution in [0.15, 0.2) is 66.9 Å². The van der Waals surface area contributed by atoms with Crippen LogP contribution in [0.4, 0.5) is 14.6 Å². The van der Waals surface area contributed by atoms with Crippen molar-refractivity contribution in [1.82, 2.24) is 9.97 Å². The predicted molar refractivity (Wildman–Crippen MR) is 104 cm³/mol. The summed E-state index contributed by atoms with van der Waals surface area (Å²) in [5, 5.41) is 14.8. The first kappa shape index (κ1) is 17.9. The molecule has 0 saturated heterocycles. The number of benzene rings is 2. The monoisotopic (exact) mass is 377 g/mol. The van der Waals surface area contributed by atoms with E-state index in [1.807, 2.05) is 31.2 Å². The number of pyridine rings is 2. The van der Waals surface area contributed by atoms with Crippen molar-refractivity contribution in [2.45, 2.75) is 13.0 Å². The molecule has 4 aromatic rings. The molecule has 2 N–H and O–H groups in total. The summed E-state index contributed by atoms with van der Waals surface area (Å²) in [7, 11) is 0. The molecule has 0 amide bonds. The Balaban J connectivity index is 1.87. The molecule has 4 nitrogen and oxygen atoms in total. The molecule has 1 unspecified atom stereocenters. The van der Waals surface area contributed by atoms with Crippen molar-refractivity contribution >= 4 is 16.7 Å². The molecule has 28 heavy (non-hydrogen) atoms. The lowest BCUT2D eigenvalue weighted by atomic mass is 9.96. The number of rotatable bonds is 4. The van der Waals surface area contributed by atoms with Crippen LogP contribution < -0.4 is 5.32 Å². The smallest absolute Gasteiger partial charge is 0.159 e. The Morgan fingerprint density at radius 1 is 0.964 bits per heavy atom. The number of aromatic hydroxyl groups is 1. The van der Waals surface area contributed by atoms with Crippen LogP contribution in [-0.2, 0) is 0 Å². The Morgan fingerprint density at radius 2 is 1.82 bits per heavy atom. The number of aromatic nitrogens is 2. The van der Waals surface area contributed by atoms with E-state index < -0.39 is 17.7 Å². The third kappa shape index (κ3) is 3.36. The summed E-state index contributed by atoms with van der Waals surface area (Å²) in [5.41, 5.74) is 2.18. The Hall–Kier alpha value is -3.54. The van der Waals surface area contributed by atoms with Crippen molar-refractivity contribution in [1.29, 1.82) is 0 Å². The van der Waals surface area contributed by atoms with Crippen LogP contribution in [0.5, 0.6) is 5.75 Å². The molecule has 2 aromatic heterocycles. The largest absolute Gasteiger partial charge is 0.505 e. The van der Waals surface area contributed by atoms with Crippen LogP contribution in [-0.4, -0.2) is 15.1 Å². The van der Waals surface area contributed by atoms with Gasteiger partial charge in [0.15, 0.2) is 11.6 Å². The number of aryl methyl sites for hydroxylation is 1. The summed E-state index contributed by atoms with van der Waals surface area (Å²) in [4.78, 5) is 8.66. The maximum atomic E-state index is 13.9. The molecule has 0 aliphatic heterocycles. The van der Waals surface area contributed by atoms with E-state index in [0.717, 1.165) is 23.2 Å². The lowest BCUT2D eigenvalue weighted by molar-refractivity contribution is 0.471. The molecule has 0 aliphatic rings. The lowest BCUT2D eigenvalue weighted by Crippen LogP contribution is -2.14. The fourth-order valence-electron chi connectivity index (χ4n) is 3.18. The molecule has 2 aromatic carbocycles. The quantitative estimate of drug-likeness (QED) is 0.518. The van der Waals surface area contributed by atoms with E-state index in [0.29, 0.717) is 22.5 Å². The average Bonchev–Trinajstić information content (AvgIpc) is 2.69. The standard InChI is InChI=1S/C22H17F2N3O/c1-13-4-2-6-19(26-13)27-20(15-8-10-17(23)18(24)12-15)16-9-7-14-5-3-11-25-21(14)22(16)28/h2-12,20,28H,1H3,(H,26,27). The van der Waals surface area contributed by atoms with Crippen molar-refractivity contribution in [3.8, 4) is 5.75 Å². The van der Waals surface area contributed by atoms with Gasteiger partial charge >= 0.3 is 0 Å². The normalized spacial score (nSPS) is 12.1. The topological polar surface area (TPSA) is 58.0 Å². The van der Waals surface area contributed by atoms with Crippen LogP contribution in [0, 0.1) is 18.6 Å². The first-order valence-corrected chi connectivity index (χ1v) is 8.74. The van der Waals surface area contributed by atoms with Gasteiger partial charge in [0.05, 0.1) is 6.04 Å². The molecule has 0 radical (unpaired) electrons. The summed E-state index contributed by atoms with van der Waals surface area (Å²) in [5.74, 6) is -1.36. The highest BCUT2D eigenvalue weighted by Crippen LogP contribution is 2.36. The molecule has 0 fully saturated rings. The summed E-state index contributed by atoms with van der Waals surface area (Å²) < 4.78 is 27.4. The molecule has 0 bridgehead atoms. The highest BCUT2D eigenvalue weighted by molar-refractivity contribution is 5.86. The third-order valence-corrected chi connectivity index (χ3v) is 4.55. The van der Waals surface area contributed by atoms with E-state index in [2.05, 4.69) is 15.3 Å². The minimum atomic E-state index is -0.958. The van der Waals surface area contributed by atoms with Crippen LogP contribution in [0.25, 0.3) is 10.9 Å². The summed E-state index contributed by atoms with van der Waals surface area (Å²) >= 11 is 0. The van der Waals surface area contributed by atoms with Gasteiger partial charge in [-0.2, -0.15) is 0 Å². The van der Waals surface area contributed by atoms with Gasteiger partial charge in [-0.3, -0.25) is 4.98 Å². The van der Waals surface area contributed by atoms with Gasteiger partial charge in [-0.15, -0.1) is 0 Å². The zero-order chi connectivity index (χ0) is 19.7. The minimum absolute atomic E-state index is 0.0204. The van der Waals surface area contributed by atoms with E-state index in [1.165, 1.54) is 6.07 Å². The van der Waals surface area contributed by atoms with Crippen molar-refractivity contribution in [2.75, 3.05) is 5.32 Å². The van der Waals surface area contributed by atoms with E-state index in [1.54, 1.807) is 24.4 Å². The van der Waals surface area contributed by atoms with Gasteiger partial charge in [-0.05, 0) is 42.8 Å². The van der Waals surface area contributed by atoms with Crippen LogP contribution in [0.2, 0.25) is 0 Å². The molecule has 1 atom stereocenters. The third-order valence-electron chi connectivity index (χ3n) is 4.55. The second kappa shape index (κ2) is 7.23. The number of anilines is 1. The summed E-state index contributed by atoms with van der Waals surface area (Å²) in [6.07, 6.45) is 1.59. The van der Waals surface area contributed by atoms with E-state index in [-0.39, 0.29) is 5.75 Å². The maximum Gasteiger partial charge on any atom is 0.159 e. The molecule has 2 heterocycles. The molecular weight excluding hydrogens is 360 g/mol. The fourth-order valence-corrected chi connectivity index (χ4v) is 3.18. The number of halogens is 2. The second-order valence-corrected chi connectivity index (χ2v) is 6.49. The van der Waals surface area contributed by atoms with Gasteiger partial charge in [0.2, 0.25) is 0 Å². The van der Waals surface area contributed by atoms with Crippen LogP contribution in [0.1, 0.15) is 22.9 Å². The maximum absolute atomic E-state index is 13.9. The molecule has 0 saturated carbocycles. The highest BCUT2D eigenvalue weighted by Gasteiger charge is 2.21. The molecule has 0 aliphatic carbocycles. The van der Waals surface area contributed by atoms with E-state index in [9.17, 15) is 13.9 Å². The molecule has 6 heteroatoms. The lowest BCUT2D eigenvalue weighted by Gasteiger charge is -2.22. The number of phenolic OH excluding ortho intramolecular Hbond substituents is 1. The minimum Gasteiger partial charge on any atom is -0.505 e. The number of nitrogens with zero attached hydrogens (tertiary/aromatic N) is 2. The van der Waals surface area contributed by atoms with Crippen molar-refractivity contribution in [3.05, 3.63) is 95.3 Å². The average molecular weight is 377 g/mol.